The minimum atomic E-state index is -0.523. The van der Waals surface area contributed by atoms with Crippen molar-refractivity contribution in [1.29, 1.82) is 0 Å². The van der Waals surface area contributed by atoms with E-state index in [1.165, 1.54) is 4.90 Å². The van der Waals surface area contributed by atoms with Gasteiger partial charge in [0.1, 0.15) is 11.8 Å². The highest BCUT2D eigenvalue weighted by Crippen LogP contribution is 2.22. The Bertz CT molecular complexity index is 318. The maximum atomic E-state index is 11.8. The molecule has 1 rings (SSSR count). The highest BCUT2D eigenvalue weighted by Gasteiger charge is 2.28. The fraction of sp³-hybridized carbons (Fsp3) is 0.500. The topological polar surface area (TPSA) is 55.6 Å². The van der Waals surface area contributed by atoms with E-state index in [1.54, 1.807) is 18.2 Å². The first-order valence-electron chi connectivity index (χ1n) is 4.63. The molecule has 1 aliphatic rings. The van der Waals surface area contributed by atoms with Crippen molar-refractivity contribution >= 4 is 22.0 Å². The van der Waals surface area contributed by atoms with Crippen LogP contribution in [-0.2, 0) is 4.74 Å². The number of carbonyl (C=O) groups excluding carboxylic acids is 1. The molecule has 0 aromatic rings. The van der Waals surface area contributed by atoms with Crippen LogP contribution in [0, 0.1) is 0 Å². The van der Waals surface area contributed by atoms with Crippen molar-refractivity contribution in [2.45, 2.75) is 32.5 Å². The number of ether oxygens (including phenoxy) is 1. The number of hydrogen-bond acceptors (Lipinski definition) is 3. The molecule has 0 radical (unpaired) electrons. The molecule has 0 saturated heterocycles. The molecular formula is C10H15BrN2O2. The average Bonchev–Trinajstić information content (AvgIpc) is 1.99. The van der Waals surface area contributed by atoms with E-state index in [1.807, 2.05) is 20.8 Å². The maximum absolute atomic E-state index is 11.8. The summed E-state index contributed by atoms with van der Waals surface area (Å²) in [5.74, 6) is 0. The minimum absolute atomic E-state index is 0.456. The Morgan fingerprint density at radius 1 is 1.60 bits per heavy atom. The zero-order valence-corrected chi connectivity index (χ0v) is 10.6. The molecular weight excluding hydrogens is 260 g/mol. The van der Waals surface area contributed by atoms with E-state index in [0.717, 1.165) is 0 Å². The van der Waals surface area contributed by atoms with Crippen molar-refractivity contribution in [1.82, 2.24) is 4.90 Å². The molecule has 5 heteroatoms. The van der Waals surface area contributed by atoms with Gasteiger partial charge >= 0.3 is 6.09 Å². The zero-order valence-electron chi connectivity index (χ0n) is 9.03. The second-order valence-corrected chi connectivity index (χ2v) is 5.03. The SMILES string of the molecule is CC(C)(C)OC(=O)N1C(Br)=CC=CC1N. The fourth-order valence-electron chi connectivity index (χ4n) is 1.08. The normalized spacial score (nSPS) is 21.3. The summed E-state index contributed by atoms with van der Waals surface area (Å²) in [7, 11) is 0. The van der Waals surface area contributed by atoms with Crippen molar-refractivity contribution in [2.24, 2.45) is 5.73 Å². The number of hydrogen-bond donors (Lipinski definition) is 1. The Morgan fingerprint density at radius 2 is 2.20 bits per heavy atom. The second kappa shape index (κ2) is 4.37. The van der Waals surface area contributed by atoms with E-state index in [9.17, 15) is 4.79 Å². The first kappa shape index (κ1) is 12.3. The Labute approximate surface area is 97.9 Å². The molecule has 0 aromatic carbocycles. The molecule has 1 aliphatic heterocycles. The maximum Gasteiger partial charge on any atom is 0.416 e. The van der Waals surface area contributed by atoms with Gasteiger partial charge in [0.25, 0.3) is 0 Å². The lowest BCUT2D eigenvalue weighted by atomic mass is 10.2. The highest BCUT2D eigenvalue weighted by atomic mass is 79.9. The monoisotopic (exact) mass is 274 g/mol. The third-order valence-electron chi connectivity index (χ3n) is 1.66. The van der Waals surface area contributed by atoms with Crippen LogP contribution in [-0.4, -0.2) is 22.8 Å². The van der Waals surface area contributed by atoms with Gasteiger partial charge in [-0.2, -0.15) is 0 Å². The third-order valence-corrected chi connectivity index (χ3v) is 2.31. The number of nitrogens with two attached hydrogens (primary N) is 1. The summed E-state index contributed by atoms with van der Waals surface area (Å²) in [6, 6.07) is 0. The van der Waals surface area contributed by atoms with Crippen LogP contribution in [0.2, 0.25) is 0 Å². The quantitative estimate of drug-likeness (QED) is 0.690. The van der Waals surface area contributed by atoms with Crippen LogP contribution in [0.25, 0.3) is 0 Å². The minimum Gasteiger partial charge on any atom is -0.443 e. The van der Waals surface area contributed by atoms with Crippen molar-refractivity contribution in [3.63, 3.8) is 0 Å². The van der Waals surface area contributed by atoms with Crippen molar-refractivity contribution in [3.8, 4) is 0 Å². The summed E-state index contributed by atoms with van der Waals surface area (Å²) < 4.78 is 5.82. The largest absolute Gasteiger partial charge is 0.443 e. The van der Waals surface area contributed by atoms with Gasteiger partial charge in [-0.05, 0) is 48.9 Å². The summed E-state index contributed by atoms with van der Waals surface area (Å²) in [4.78, 5) is 13.1. The lowest BCUT2D eigenvalue weighted by Gasteiger charge is -2.31. The van der Waals surface area contributed by atoms with E-state index in [2.05, 4.69) is 15.9 Å². The van der Waals surface area contributed by atoms with Gasteiger partial charge in [0.15, 0.2) is 0 Å². The summed E-state index contributed by atoms with van der Waals surface area (Å²) in [5, 5.41) is 0. The van der Waals surface area contributed by atoms with Crippen LogP contribution in [0.4, 0.5) is 4.79 Å². The van der Waals surface area contributed by atoms with Gasteiger partial charge in [-0.15, -0.1) is 0 Å². The summed E-state index contributed by atoms with van der Waals surface area (Å²) in [6.07, 6.45) is 4.30. The van der Waals surface area contributed by atoms with Crippen LogP contribution >= 0.6 is 15.9 Å². The smallest absolute Gasteiger partial charge is 0.416 e. The highest BCUT2D eigenvalue weighted by molar-refractivity contribution is 9.11. The van der Waals surface area contributed by atoms with Crippen LogP contribution in [0.5, 0.6) is 0 Å². The van der Waals surface area contributed by atoms with Gasteiger partial charge in [-0.3, -0.25) is 4.90 Å². The number of halogens is 1. The number of amides is 1. The Hall–Kier alpha value is -0.810. The number of carbonyl (C=O) groups is 1. The van der Waals surface area contributed by atoms with E-state index in [0.29, 0.717) is 4.61 Å². The summed E-state index contributed by atoms with van der Waals surface area (Å²) >= 11 is 3.26. The van der Waals surface area contributed by atoms with E-state index < -0.39 is 17.9 Å². The van der Waals surface area contributed by atoms with E-state index >= 15 is 0 Å². The summed E-state index contributed by atoms with van der Waals surface area (Å²) in [5.41, 5.74) is 5.23. The van der Waals surface area contributed by atoms with Crippen LogP contribution in [0.15, 0.2) is 22.8 Å². The number of nitrogens with zero attached hydrogens (tertiary/aromatic N) is 1. The molecule has 1 amide bonds. The Kier molecular flexibility index (Phi) is 3.57. The van der Waals surface area contributed by atoms with Gasteiger partial charge in [0, 0.05) is 0 Å². The second-order valence-electron chi connectivity index (χ2n) is 4.22. The van der Waals surface area contributed by atoms with Gasteiger partial charge in [0.2, 0.25) is 0 Å². The van der Waals surface area contributed by atoms with Gasteiger partial charge < -0.3 is 10.5 Å². The lowest BCUT2D eigenvalue weighted by molar-refractivity contribution is 0.0292. The van der Waals surface area contributed by atoms with Gasteiger partial charge in [-0.25, -0.2) is 4.79 Å². The average molecular weight is 275 g/mol. The number of allylic oxidation sites excluding steroid dienone is 2. The Morgan fingerprint density at radius 3 is 2.67 bits per heavy atom. The molecule has 0 bridgehead atoms. The molecule has 0 fully saturated rings. The third kappa shape index (κ3) is 3.35. The number of rotatable bonds is 0. The first-order chi connectivity index (χ1) is 6.81. The first-order valence-corrected chi connectivity index (χ1v) is 5.42. The molecule has 0 saturated carbocycles. The standard InChI is InChI=1S/C10H15BrN2O2/c1-10(2,3)15-9(14)13-7(11)5-4-6-8(13)12/h4-6,8H,12H2,1-3H3. The molecule has 0 aliphatic carbocycles. The molecule has 1 atom stereocenters. The molecule has 84 valence electrons. The lowest BCUT2D eigenvalue weighted by Crippen LogP contribution is -2.46. The molecule has 0 spiro atoms. The molecule has 0 aromatic heterocycles. The van der Waals surface area contributed by atoms with Gasteiger partial charge in [0.05, 0.1) is 4.61 Å². The van der Waals surface area contributed by atoms with E-state index in [-0.39, 0.29) is 0 Å². The van der Waals surface area contributed by atoms with Crippen molar-refractivity contribution in [2.75, 3.05) is 0 Å². The van der Waals surface area contributed by atoms with Crippen LogP contribution in [0.1, 0.15) is 20.8 Å². The van der Waals surface area contributed by atoms with Crippen LogP contribution in [0.3, 0.4) is 0 Å². The van der Waals surface area contributed by atoms with Crippen LogP contribution < -0.4 is 5.73 Å². The van der Waals surface area contributed by atoms with Crippen molar-refractivity contribution < 1.29 is 9.53 Å². The predicted octanol–water partition coefficient (Wildman–Crippen LogP) is 2.31. The molecule has 2 N–H and O–H groups in total. The summed E-state index contributed by atoms with van der Waals surface area (Å²) in [6.45, 7) is 5.44. The van der Waals surface area contributed by atoms with Gasteiger partial charge in [-0.1, -0.05) is 6.08 Å². The van der Waals surface area contributed by atoms with E-state index in [4.69, 9.17) is 10.5 Å². The molecule has 15 heavy (non-hydrogen) atoms. The fourth-order valence-corrected chi connectivity index (χ4v) is 1.61. The molecule has 1 unspecified atom stereocenters. The predicted molar refractivity (Wildman–Crippen MR) is 62.2 cm³/mol. The zero-order chi connectivity index (χ0) is 11.6. The molecule has 4 nitrogen and oxygen atoms in total. The Balaban J connectivity index is 2.76. The van der Waals surface area contributed by atoms with Crippen molar-refractivity contribution in [3.05, 3.63) is 22.8 Å². The molecule has 1 heterocycles.